The number of rotatable bonds is 5. The molecule has 1 unspecified atom stereocenters. The normalized spacial score (nSPS) is 12.4. The fourth-order valence-electron chi connectivity index (χ4n) is 2.18. The van der Waals surface area contributed by atoms with E-state index in [2.05, 4.69) is 10.4 Å². The van der Waals surface area contributed by atoms with Gasteiger partial charge in [0.1, 0.15) is 5.69 Å². The number of halogens is 2. The molecule has 2 aromatic rings. The van der Waals surface area contributed by atoms with Gasteiger partial charge in [0.05, 0.1) is 29.4 Å². The molecular weight excluding hydrogens is 297 g/mol. The van der Waals surface area contributed by atoms with Crippen LogP contribution in [0.3, 0.4) is 0 Å². The molecule has 1 N–H and O–H groups in total. The minimum Gasteiger partial charge on any atom is -0.493 e. The Morgan fingerprint density at radius 3 is 2.70 bits per heavy atom. The van der Waals surface area contributed by atoms with Crippen LogP contribution in [0.5, 0.6) is 5.75 Å². The lowest BCUT2D eigenvalue weighted by molar-refractivity contribution is 0.401. The molecule has 0 bridgehead atoms. The molecular formula is C14H17Cl2N3O. The van der Waals surface area contributed by atoms with E-state index in [4.69, 9.17) is 27.9 Å². The van der Waals surface area contributed by atoms with Crippen molar-refractivity contribution in [2.75, 3.05) is 13.7 Å². The first-order chi connectivity index (χ1) is 9.58. The Kier molecular flexibility index (Phi) is 4.91. The molecule has 0 saturated heterocycles. The molecule has 0 radical (unpaired) electrons. The molecule has 0 amide bonds. The zero-order valence-electron chi connectivity index (χ0n) is 11.7. The molecule has 108 valence electrons. The molecule has 4 nitrogen and oxygen atoms in total. The third-order valence-corrected chi connectivity index (χ3v) is 3.87. The standard InChI is InChI=1S/C14H17Cl2N3O/c1-4-17-13(9-5-6-10(15)11(16)7-9)14-12(20-3)8-18-19(14)2/h5-8,13,17H,4H2,1-3H3. The second kappa shape index (κ2) is 6.48. The Bertz CT molecular complexity index is 598. The molecule has 0 fully saturated rings. The molecule has 0 spiro atoms. The van der Waals surface area contributed by atoms with Crippen LogP contribution in [0.2, 0.25) is 10.0 Å². The number of hydrogen-bond acceptors (Lipinski definition) is 3. The van der Waals surface area contributed by atoms with E-state index < -0.39 is 0 Å². The molecule has 0 aliphatic carbocycles. The first kappa shape index (κ1) is 15.2. The lowest BCUT2D eigenvalue weighted by Gasteiger charge is -2.20. The average Bonchev–Trinajstić information content (AvgIpc) is 2.80. The van der Waals surface area contributed by atoms with Crippen LogP contribution in [-0.2, 0) is 7.05 Å². The summed E-state index contributed by atoms with van der Waals surface area (Å²) >= 11 is 12.1. The van der Waals surface area contributed by atoms with E-state index in [0.29, 0.717) is 10.0 Å². The highest BCUT2D eigenvalue weighted by Gasteiger charge is 2.22. The Hall–Kier alpha value is -1.23. The fourth-order valence-corrected chi connectivity index (χ4v) is 2.49. The number of aryl methyl sites for hydroxylation is 1. The Labute approximate surface area is 128 Å². The molecule has 1 aromatic heterocycles. The zero-order valence-corrected chi connectivity index (χ0v) is 13.2. The van der Waals surface area contributed by atoms with Gasteiger partial charge in [0.25, 0.3) is 0 Å². The van der Waals surface area contributed by atoms with Gasteiger partial charge in [-0.25, -0.2) is 0 Å². The van der Waals surface area contributed by atoms with Crippen molar-refractivity contribution in [2.45, 2.75) is 13.0 Å². The van der Waals surface area contributed by atoms with E-state index in [9.17, 15) is 0 Å². The number of methoxy groups -OCH3 is 1. The summed E-state index contributed by atoms with van der Waals surface area (Å²) in [7, 11) is 3.53. The maximum atomic E-state index is 6.12. The maximum Gasteiger partial charge on any atom is 0.161 e. The summed E-state index contributed by atoms with van der Waals surface area (Å²) in [5.74, 6) is 0.740. The quantitative estimate of drug-likeness (QED) is 0.919. The van der Waals surface area contributed by atoms with Gasteiger partial charge in [0, 0.05) is 7.05 Å². The number of hydrogen-bond donors (Lipinski definition) is 1. The molecule has 20 heavy (non-hydrogen) atoms. The van der Waals surface area contributed by atoms with Crippen LogP contribution < -0.4 is 10.1 Å². The summed E-state index contributed by atoms with van der Waals surface area (Å²) in [6, 6.07) is 5.56. The van der Waals surface area contributed by atoms with E-state index in [-0.39, 0.29) is 6.04 Å². The van der Waals surface area contributed by atoms with E-state index >= 15 is 0 Å². The summed E-state index contributed by atoms with van der Waals surface area (Å²) in [6.45, 7) is 2.85. The number of nitrogens with zero attached hydrogens (tertiary/aromatic N) is 2. The predicted molar refractivity (Wildman–Crippen MR) is 81.7 cm³/mol. The van der Waals surface area contributed by atoms with Crippen molar-refractivity contribution in [3.63, 3.8) is 0 Å². The first-order valence-corrected chi connectivity index (χ1v) is 7.08. The SMILES string of the molecule is CCNC(c1ccc(Cl)c(Cl)c1)c1c(OC)cnn1C. The van der Waals surface area contributed by atoms with Gasteiger partial charge < -0.3 is 10.1 Å². The van der Waals surface area contributed by atoms with Crippen LogP contribution in [0.4, 0.5) is 0 Å². The van der Waals surface area contributed by atoms with Crippen LogP contribution in [0.15, 0.2) is 24.4 Å². The van der Waals surface area contributed by atoms with Crippen molar-refractivity contribution >= 4 is 23.2 Å². The van der Waals surface area contributed by atoms with Crippen molar-refractivity contribution in [1.29, 1.82) is 0 Å². The second-order valence-electron chi connectivity index (χ2n) is 4.39. The number of nitrogens with one attached hydrogen (secondary N) is 1. The smallest absolute Gasteiger partial charge is 0.161 e. The van der Waals surface area contributed by atoms with Crippen molar-refractivity contribution in [3.05, 3.63) is 45.7 Å². The van der Waals surface area contributed by atoms with Crippen LogP contribution in [0.25, 0.3) is 0 Å². The maximum absolute atomic E-state index is 6.12. The van der Waals surface area contributed by atoms with Gasteiger partial charge in [0.2, 0.25) is 0 Å². The molecule has 0 aliphatic rings. The molecule has 0 aliphatic heterocycles. The predicted octanol–water partition coefficient (Wildman–Crippen LogP) is 3.43. The van der Waals surface area contributed by atoms with Gasteiger partial charge in [-0.15, -0.1) is 0 Å². The Morgan fingerprint density at radius 2 is 2.10 bits per heavy atom. The van der Waals surface area contributed by atoms with Gasteiger partial charge in [-0.3, -0.25) is 4.68 Å². The summed E-state index contributed by atoms with van der Waals surface area (Å²) in [5.41, 5.74) is 1.97. The van der Waals surface area contributed by atoms with Crippen LogP contribution >= 0.6 is 23.2 Å². The third-order valence-electron chi connectivity index (χ3n) is 3.13. The Morgan fingerprint density at radius 1 is 1.35 bits per heavy atom. The van der Waals surface area contributed by atoms with Gasteiger partial charge >= 0.3 is 0 Å². The van der Waals surface area contributed by atoms with Gasteiger partial charge in [-0.05, 0) is 24.2 Å². The lowest BCUT2D eigenvalue weighted by atomic mass is 10.0. The molecule has 1 atom stereocenters. The highest BCUT2D eigenvalue weighted by Crippen LogP contribution is 2.32. The van der Waals surface area contributed by atoms with Crippen molar-refractivity contribution in [2.24, 2.45) is 7.05 Å². The fraction of sp³-hybridized carbons (Fsp3) is 0.357. The van der Waals surface area contributed by atoms with E-state index in [1.54, 1.807) is 24.1 Å². The minimum absolute atomic E-state index is 0.0581. The average molecular weight is 314 g/mol. The van der Waals surface area contributed by atoms with E-state index in [1.807, 2.05) is 26.1 Å². The number of aromatic nitrogens is 2. The molecule has 0 saturated carbocycles. The highest BCUT2D eigenvalue weighted by atomic mass is 35.5. The summed E-state index contributed by atoms with van der Waals surface area (Å²) in [4.78, 5) is 0. The van der Waals surface area contributed by atoms with E-state index in [1.165, 1.54) is 0 Å². The number of ether oxygens (including phenoxy) is 1. The van der Waals surface area contributed by atoms with Gasteiger partial charge in [0.15, 0.2) is 5.75 Å². The van der Waals surface area contributed by atoms with Crippen LogP contribution in [-0.4, -0.2) is 23.4 Å². The lowest BCUT2D eigenvalue weighted by Crippen LogP contribution is -2.24. The third kappa shape index (κ3) is 2.92. The topological polar surface area (TPSA) is 39.1 Å². The molecule has 1 heterocycles. The van der Waals surface area contributed by atoms with Crippen molar-refractivity contribution < 1.29 is 4.74 Å². The second-order valence-corrected chi connectivity index (χ2v) is 5.20. The monoisotopic (exact) mass is 313 g/mol. The van der Waals surface area contributed by atoms with Crippen molar-refractivity contribution in [1.82, 2.24) is 15.1 Å². The van der Waals surface area contributed by atoms with Crippen LogP contribution in [0, 0.1) is 0 Å². The largest absolute Gasteiger partial charge is 0.493 e. The van der Waals surface area contributed by atoms with Gasteiger partial charge in [-0.1, -0.05) is 36.2 Å². The summed E-state index contributed by atoms with van der Waals surface area (Å²) < 4.78 is 7.19. The molecule has 2 rings (SSSR count). The number of benzene rings is 1. The van der Waals surface area contributed by atoms with Crippen molar-refractivity contribution in [3.8, 4) is 5.75 Å². The highest BCUT2D eigenvalue weighted by molar-refractivity contribution is 6.42. The molecule has 1 aromatic carbocycles. The van der Waals surface area contributed by atoms with E-state index in [0.717, 1.165) is 23.6 Å². The first-order valence-electron chi connectivity index (χ1n) is 6.32. The van der Waals surface area contributed by atoms with Gasteiger partial charge in [-0.2, -0.15) is 5.10 Å². The zero-order chi connectivity index (χ0) is 14.7. The summed E-state index contributed by atoms with van der Waals surface area (Å²) in [6.07, 6.45) is 1.71. The van der Waals surface area contributed by atoms with Crippen LogP contribution in [0.1, 0.15) is 24.2 Å². The minimum atomic E-state index is -0.0581. The molecule has 6 heteroatoms. The summed E-state index contributed by atoms with van der Waals surface area (Å²) in [5, 5.41) is 8.75. The Balaban J connectivity index is 2.49.